The molecule has 148 valence electrons. The van der Waals surface area contributed by atoms with Gasteiger partial charge in [0.1, 0.15) is 5.54 Å². The summed E-state index contributed by atoms with van der Waals surface area (Å²) in [6.45, 7) is 9.45. The molecule has 3 amide bonds. The van der Waals surface area contributed by atoms with Crippen molar-refractivity contribution in [2.24, 2.45) is 0 Å². The highest BCUT2D eigenvalue weighted by Gasteiger charge is 2.44. The largest absolute Gasteiger partial charge is 0.457 e. The summed E-state index contributed by atoms with van der Waals surface area (Å²) in [5.41, 5.74) is 1.42. The Morgan fingerprint density at radius 1 is 1.19 bits per heavy atom. The molecule has 1 aliphatic heterocycles. The van der Waals surface area contributed by atoms with E-state index in [0.717, 1.165) is 29.3 Å². The van der Waals surface area contributed by atoms with Gasteiger partial charge < -0.3 is 14.6 Å². The van der Waals surface area contributed by atoms with E-state index in [2.05, 4.69) is 16.8 Å². The summed E-state index contributed by atoms with van der Waals surface area (Å²) in [7, 11) is 0. The minimum atomic E-state index is -0.974. The second kappa shape index (κ2) is 7.94. The molecule has 1 saturated heterocycles. The molecule has 1 aromatic heterocycles. The van der Waals surface area contributed by atoms with Crippen molar-refractivity contribution < 1.29 is 23.9 Å². The van der Waals surface area contributed by atoms with Crippen LogP contribution in [0.3, 0.4) is 0 Å². The molecule has 2 heterocycles. The van der Waals surface area contributed by atoms with Crippen molar-refractivity contribution >= 4 is 23.7 Å². The van der Waals surface area contributed by atoms with Crippen LogP contribution in [0.2, 0.25) is 0 Å². The standard InChI is InChI=1S/C19H27N3O5/c1-6-8-21-12(2)10-14(13(21)3)15(23)11-27-16(24)7-9-22-17(25)19(4,5)20-18(22)26/h10H,6-9,11H2,1-5H3,(H,20,26). The van der Waals surface area contributed by atoms with Gasteiger partial charge in [-0.15, -0.1) is 0 Å². The minimum Gasteiger partial charge on any atom is -0.457 e. The first-order valence-electron chi connectivity index (χ1n) is 9.08. The fourth-order valence-corrected chi connectivity index (χ4v) is 3.17. The van der Waals surface area contributed by atoms with E-state index in [4.69, 9.17) is 4.74 Å². The summed E-state index contributed by atoms with van der Waals surface area (Å²) in [6.07, 6.45) is 0.802. The zero-order chi connectivity index (χ0) is 20.4. The molecule has 1 aliphatic rings. The molecule has 0 spiro atoms. The van der Waals surface area contributed by atoms with Crippen molar-refractivity contribution in [1.82, 2.24) is 14.8 Å². The van der Waals surface area contributed by atoms with Crippen molar-refractivity contribution in [3.05, 3.63) is 23.0 Å². The van der Waals surface area contributed by atoms with E-state index in [1.165, 1.54) is 0 Å². The summed E-state index contributed by atoms with van der Waals surface area (Å²) in [5, 5.41) is 2.54. The Bertz CT molecular complexity index is 779. The molecular formula is C19H27N3O5. The van der Waals surface area contributed by atoms with Crippen LogP contribution in [0.1, 0.15) is 55.4 Å². The molecule has 1 aromatic rings. The fourth-order valence-electron chi connectivity index (χ4n) is 3.17. The third-order valence-corrected chi connectivity index (χ3v) is 4.67. The quantitative estimate of drug-likeness (QED) is 0.424. The van der Waals surface area contributed by atoms with Crippen LogP contribution in [0, 0.1) is 13.8 Å². The lowest BCUT2D eigenvalue weighted by atomic mass is 10.1. The molecule has 0 unspecified atom stereocenters. The van der Waals surface area contributed by atoms with E-state index in [9.17, 15) is 19.2 Å². The van der Waals surface area contributed by atoms with E-state index in [0.29, 0.717) is 5.56 Å². The lowest BCUT2D eigenvalue weighted by molar-refractivity contribution is -0.143. The molecule has 0 bridgehead atoms. The third-order valence-electron chi connectivity index (χ3n) is 4.67. The first kappa shape index (κ1) is 20.7. The second-order valence-electron chi connectivity index (χ2n) is 7.28. The van der Waals surface area contributed by atoms with Gasteiger partial charge in [-0.25, -0.2) is 4.79 Å². The van der Waals surface area contributed by atoms with Crippen molar-refractivity contribution in [3.8, 4) is 0 Å². The number of aromatic nitrogens is 1. The van der Waals surface area contributed by atoms with Crippen molar-refractivity contribution in [1.29, 1.82) is 0 Å². The van der Waals surface area contributed by atoms with E-state index in [-0.39, 0.29) is 31.3 Å². The maximum Gasteiger partial charge on any atom is 0.325 e. The Morgan fingerprint density at radius 3 is 2.41 bits per heavy atom. The predicted molar refractivity (Wildman–Crippen MR) is 98.4 cm³/mol. The minimum absolute atomic E-state index is 0.0772. The topological polar surface area (TPSA) is 97.7 Å². The number of aryl methyl sites for hydroxylation is 1. The van der Waals surface area contributed by atoms with E-state index < -0.39 is 17.5 Å². The monoisotopic (exact) mass is 377 g/mol. The van der Waals surface area contributed by atoms with E-state index in [1.807, 2.05) is 13.8 Å². The second-order valence-corrected chi connectivity index (χ2v) is 7.28. The van der Waals surface area contributed by atoms with Gasteiger partial charge in [0.25, 0.3) is 5.91 Å². The number of nitrogens with zero attached hydrogens (tertiary/aromatic N) is 2. The van der Waals surface area contributed by atoms with Gasteiger partial charge in [-0.1, -0.05) is 6.92 Å². The number of ketones is 1. The van der Waals surface area contributed by atoms with Gasteiger partial charge in [0.2, 0.25) is 5.78 Å². The molecule has 8 heteroatoms. The first-order valence-corrected chi connectivity index (χ1v) is 9.08. The molecule has 2 rings (SSSR count). The number of hydrogen-bond acceptors (Lipinski definition) is 5. The highest BCUT2D eigenvalue weighted by molar-refractivity contribution is 6.06. The number of ether oxygens (including phenoxy) is 1. The molecule has 1 N–H and O–H groups in total. The summed E-state index contributed by atoms with van der Waals surface area (Å²) in [6, 6.07) is 1.27. The summed E-state index contributed by atoms with van der Waals surface area (Å²) in [4.78, 5) is 49.1. The van der Waals surface area contributed by atoms with Crippen LogP contribution in [-0.4, -0.2) is 51.8 Å². The summed E-state index contributed by atoms with van der Waals surface area (Å²) < 4.78 is 7.10. The molecule has 1 fully saturated rings. The van der Waals surface area contributed by atoms with Gasteiger partial charge in [-0.3, -0.25) is 19.3 Å². The van der Waals surface area contributed by atoms with Crippen LogP contribution >= 0.6 is 0 Å². The predicted octanol–water partition coefficient (Wildman–Crippen LogP) is 1.96. The molecule has 0 atom stereocenters. The number of rotatable bonds is 8. The lowest BCUT2D eigenvalue weighted by Gasteiger charge is -2.15. The van der Waals surface area contributed by atoms with Gasteiger partial charge in [0.05, 0.1) is 6.42 Å². The molecule has 0 radical (unpaired) electrons. The van der Waals surface area contributed by atoms with Crippen LogP contribution < -0.4 is 5.32 Å². The Hall–Kier alpha value is -2.64. The number of esters is 1. The molecular weight excluding hydrogens is 350 g/mol. The smallest absolute Gasteiger partial charge is 0.325 e. The van der Waals surface area contributed by atoms with Crippen LogP contribution in [0.5, 0.6) is 0 Å². The Labute approximate surface area is 158 Å². The normalized spacial score (nSPS) is 15.8. The number of hydrogen-bond donors (Lipinski definition) is 1. The number of urea groups is 1. The summed E-state index contributed by atoms with van der Waals surface area (Å²) in [5.74, 6) is -1.29. The number of nitrogens with one attached hydrogen (secondary N) is 1. The highest BCUT2D eigenvalue weighted by Crippen LogP contribution is 2.18. The van der Waals surface area contributed by atoms with Crippen molar-refractivity contribution in [3.63, 3.8) is 0 Å². The Morgan fingerprint density at radius 2 is 1.85 bits per heavy atom. The summed E-state index contributed by atoms with van der Waals surface area (Å²) >= 11 is 0. The van der Waals surface area contributed by atoms with Crippen LogP contribution in [0.25, 0.3) is 0 Å². The van der Waals surface area contributed by atoms with E-state index >= 15 is 0 Å². The zero-order valence-electron chi connectivity index (χ0n) is 16.5. The fraction of sp³-hybridized carbons (Fsp3) is 0.579. The SMILES string of the molecule is CCCn1c(C)cc(C(=O)COC(=O)CCN2C(=O)NC(C)(C)C2=O)c1C. The third kappa shape index (κ3) is 4.37. The highest BCUT2D eigenvalue weighted by atomic mass is 16.5. The molecule has 8 nitrogen and oxygen atoms in total. The van der Waals surface area contributed by atoms with Gasteiger partial charge in [0, 0.05) is 30.0 Å². The number of carbonyl (C=O) groups is 4. The van der Waals surface area contributed by atoms with Crippen LogP contribution in [0.15, 0.2) is 6.07 Å². The maximum atomic E-state index is 12.4. The average Bonchev–Trinajstić information content (AvgIpc) is 2.97. The lowest BCUT2D eigenvalue weighted by Crippen LogP contribution is -2.40. The van der Waals surface area contributed by atoms with Crippen molar-refractivity contribution in [2.75, 3.05) is 13.2 Å². The van der Waals surface area contributed by atoms with Crippen molar-refractivity contribution in [2.45, 2.75) is 59.5 Å². The molecule has 27 heavy (non-hydrogen) atoms. The van der Waals surface area contributed by atoms with Gasteiger partial charge in [-0.2, -0.15) is 0 Å². The van der Waals surface area contributed by atoms with Gasteiger partial charge in [0.15, 0.2) is 6.61 Å². The average molecular weight is 377 g/mol. The molecule has 0 saturated carbocycles. The maximum absolute atomic E-state index is 12.4. The number of Topliss-reactive ketones (excluding diaryl/α,β-unsaturated/α-hetero) is 1. The first-order chi connectivity index (χ1) is 12.6. The zero-order valence-corrected chi connectivity index (χ0v) is 16.5. The number of carbonyl (C=O) groups excluding carboxylic acids is 4. The van der Waals surface area contributed by atoms with Gasteiger partial charge >= 0.3 is 12.0 Å². The van der Waals surface area contributed by atoms with Crippen LogP contribution in [-0.2, 0) is 20.9 Å². The Balaban J connectivity index is 1.87. The molecule has 0 aromatic carbocycles. The molecule has 0 aliphatic carbocycles. The van der Waals surface area contributed by atoms with E-state index in [1.54, 1.807) is 19.9 Å². The number of imide groups is 1. The van der Waals surface area contributed by atoms with Gasteiger partial charge in [-0.05, 0) is 40.2 Å². The number of amides is 3. The Kier molecular flexibility index (Phi) is 6.08. The van der Waals surface area contributed by atoms with Crippen LogP contribution in [0.4, 0.5) is 4.79 Å².